The van der Waals surface area contributed by atoms with Gasteiger partial charge in [0.15, 0.2) is 0 Å². The lowest BCUT2D eigenvalue weighted by Gasteiger charge is -2.36. The van der Waals surface area contributed by atoms with Crippen molar-refractivity contribution in [2.45, 2.75) is 63.5 Å². The predicted molar refractivity (Wildman–Crippen MR) is 112 cm³/mol. The maximum atomic E-state index is 12.7. The SMILES string of the molecule is O=C1CC(C(=O)N2CC[C@@H](Oc3ccc4c(c3)CCN(C3CCC3)CC4)C2)CCO1. The van der Waals surface area contributed by atoms with Crippen LogP contribution in [-0.4, -0.2) is 66.6 Å². The fourth-order valence-electron chi connectivity index (χ4n) is 5.27. The van der Waals surface area contributed by atoms with E-state index in [0.717, 1.165) is 37.6 Å². The van der Waals surface area contributed by atoms with Gasteiger partial charge in [0.25, 0.3) is 0 Å². The van der Waals surface area contributed by atoms with Crippen LogP contribution >= 0.6 is 0 Å². The number of hydrogen-bond acceptors (Lipinski definition) is 5. The number of benzene rings is 1. The van der Waals surface area contributed by atoms with Crippen molar-refractivity contribution in [2.24, 2.45) is 5.92 Å². The number of hydrogen-bond donors (Lipinski definition) is 0. The monoisotopic (exact) mass is 412 g/mol. The molecule has 0 aromatic heterocycles. The second-order valence-corrected chi connectivity index (χ2v) is 9.27. The van der Waals surface area contributed by atoms with E-state index in [1.807, 2.05) is 4.90 Å². The molecule has 3 fully saturated rings. The minimum atomic E-state index is -0.257. The van der Waals surface area contributed by atoms with Crippen LogP contribution in [0.3, 0.4) is 0 Å². The highest BCUT2D eigenvalue weighted by atomic mass is 16.5. The summed E-state index contributed by atoms with van der Waals surface area (Å²) < 4.78 is 11.2. The number of rotatable bonds is 4. The number of amides is 1. The smallest absolute Gasteiger partial charge is 0.306 e. The Morgan fingerprint density at radius 1 is 1.03 bits per heavy atom. The highest BCUT2D eigenvalue weighted by Crippen LogP contribution is 2.29. The van der Waals surface area contributed by atoms with E-state index in [9.17, 15) is 9.59 Å². The molecule has 0 radical (unpaired) electrons. The highest BCUT2D eigenvalue weighted by molar-refractivity contribution is 5.84. The Morgan fingerprint density at radius 2 is 1.87 bits per heavy atom. The zero-order chi connectivity index (χ0) is 20.5. The molecule has 6 nitrogen and oxygen atoms in total. The standard InChI is InChI=1S/C24H32N2O4/c27-23-15-19(9-13-29-23)24(28)26-12-8-22(16-26)30-21-5-4-17-6-10-25(20-2-1-3-20)11-7-18(17)14-21/h4-5,14,19-20,22H,1-3,6-13,15-16H2/t19?,22-/m1/s1. The van der Waals surface area contributed by atoms with Gasteiger partial charge in [-0.15, -0.1) is 0 Å². The molecule has 30 heavy (non-hydrogen) atoms. The van der Waals surface area contributed by atoms with Crippen molar-refractivity contribution < 1.29 is 19.1 Å². The van der Waals surface area contributed by atoms with Gasteiger partial charge in [-0.05, 0) is 55.4 Å². The second kappa shape index (κ2) is 8.58. The normalized spacial score (nSPS) is 27.7. The molecule has 1 unspecified atom stereocenters. The van der Waals surface area contributed by atoms with Crippen LogP contribution in [0.2, 0.25) is 0 Å². The summed E-state index contributed by atoms with van der Waals surface area (Å²) in [5.41, 5.74) is 2.87. The predicted octanol–water partition coefficient (Wildman–Crippen LogP) is 2.57. The Bertz CT molecular complexity index is 806. The number of esters is 1. The second-order valence-electron chi connectivity index (χ2n) is 9.27. The van der Waals surface area contributed by atoms with Gasteiger partial charge in [0.2, 0.25) is 5.91 Å². The minimum absolute atomic E-state index is 0.0276. The molecule has 2 saturated heterocycles. The van der Waals surface area contributed by atoms with Gasteiger partial charge in [-0.2, -0.15) is 0 Å². The molecule has 1 aliphatic carbocycles. The molecule has 1 amide bonds. The topological polar surface area (TPSA) is 59.1 Å². The maximum Gasteiger partial charge on any atom is 0.306 e. The van der Waals surface area contributed by atoms with E-state index in [-0.39, 0.29) is 30.3 Å². The Morgan fingerprint density at radius 3 is 2.63 bits per heavy atom. The van der Waals surface area contributed by atoms with Crippen LogP contribution in [0.5, 0.6) is 5.75 Å². The van der Waals surface area contributed by atoms with Crippen molar-refractivity contribution in [3.8, 4) is 5.75 Å². The van der Waals surface area contributed by atoms with Gasteiger partial charge in [0.1, 0.15) is 11.9 Å². The Balaban J connectivity index is 1.17. The molecule has 162 valence electrons. The lowest BCUT2D eigenvalue weighted by molar-refractivity contribution is -0.155. The number of cyclic esters (lactones) is 1. The van der Waals surface area contributed by atoms with E-state index in [2.05, 4.69) is 23.1 Å². The van der Waals surface area contributed by atoms with Crippen LogP contribution in [0, 0.1) is 5.92 Å². The Kier molecular flexibility index (Phi) is 5.68. The van der Waals surface area contributed by atoms with E-state index >= 15 is 0 Å². The molecule has 4 aliphatic rings. The van der Waals surface area contributed by atoms with E-state index in [0.29, 0.717) is 26.1 Å². The van der Waals surface area contributed by atoms with Gasteiger partial charge in [-0.1, -0.05) is 12.5 Å². The van der Waals surface area contributed by atoms with Gasteiger partial charge in [-0.25, -0.2) is 0 Å². The summed E-state index contributed by atoms with van der Waals surface area (Å²) in [6.07, 6.45) is 8.05. The summed E-state index contributed by atoms with van der Waals surface area (Å²) in [6.45, 7) is 3.99. The van der Waals surface area contributed by atoms with Gasteiger partial charge >= 0.3 is 5.97 Å². The van der Waals surface area contributed by atoms with Crippen LogP contribution in [-0.2, 0) is 27.2 Å². The zero-order valence-electron chi connectivity index (χ0n) is 17.7. The molecule has 3 aliphatic heterocycles. The Hall–Kier alpha value is -2.08. The number of nitrogens with zero attached hydrogens (tertiary/aromatic N) is 2. The van der Waals surface area contributed by atoms with E-state index < -0.39 is 0 Å². The summed E-state index contributed by atoms with van der Waals surface area (Å²) in [5, 5.41) is 0. The van der Waals surface area contributed by atoms with Crippen LogP contribution in [0.1, 0.15) is 49.7 Å². The average Bonchev–Trinajstić information content (AvgIpc) is 3.07. The summed E-state index contributed by atoms with van der Waals surface area (Å²) in [7, 11) is 0. The van der Waals surface area contributed by atoms with Crippen LogP contribution in [0.25, 0.3) is 0 Å². The van der Waals surface area contributed by atoms with Crippen molar-refractivity contribution >= 4 is 11.9 Å². The summed E-state index contributed by atoms with van der Waals surface area (Å²) in [5.74, 6) is 0.519. The van der Waals surface area contributed by atoms with Crippen molar-refractivity contribution in [3.05, 3.63) is 29.3 Å². The van der Waals surface area contributed by atoms with Crippen molar-refractivity contribution in [2.75, 3.05) is 32.8 Å². The lowest BCUT2D eigenvalue weighted by atomic mass is 9.91. The molecular formula is C24H32N2O4. The highest BCUT2D eigenvalue weighted by Gasteiger charge is 2.35. The van der Waals surface area contributed by atoms with E-state index in [1.54, 1.807) is 0 Å². The zero-order valence-corrected chi connectivity index (χ0v) is 17.7. The van der Waals surface area contributed by atoms with Crippen molar-refractivity contribution in [3.63, 3.8) is 0 Å². The van der Waals surface area contributed by atoms with Crippen LogP contribution in [0.15, 0.2) is 18.2 Å². The number of ether oxygens (including phenoxy) is 2. The van der Waals surface area contributed by atoms with Crippen LogP contribution in [0.4, 0.5) is 0 Å². The third kappa shape index (κ3) is 4.20. The molecule has 0 bridgehead atoms. The molecule has 0 spiro atoms. The largest absolute Gasteiger partial charge is 0.489 e. The Labute approximate surface area is 178 Å². The van der Waals surface area contributed by atoms with Gasteiger partial charge in [0.05, 0.1) is 25.5 Å². The molecular weight excluding hydrogens is 380 g/mol. The number of carbonyl (C=O) groups is 2. The molecule has 0 N–H and O–H groups in total. The average molecular weight is 413 g/mol. The van der Waals surface area contributed by atoms with Crippen molar-refractivity contribution in [1.29, 1.82) is 0 Å². The first kappa shape index (κ1) is 19.9. The minimum Gasteiger partial charge on any atom is -0.489 e. The lowest BCUT2D eigenvalue weighted by Crippen LogP contribution is -2.41. The molecule has 1 saturated carbocycles. The van der Waals surface area contributed by atoms with Gasteiger partial charge in [-0.3, -0.25) is 14.5 Å². The number of fused-ring (bicyclic) bond motifs is 1. The molecule has 1 aromatic carbocycles. The summed E-state index contributed by atoms with van der Waals surface area (Å²) in [6, 6.07) is 7.37. The van der Waals surface area contributed by atoms with E-state index in [4.69, 9.17) is 9.47 Å². The fraction of sp³-hybridized carbons (Fsp3) is 0.667. The molecule has 6 heteroatoms. The van der Waals surface area contributed by atoms with E-state index in [1.165, 1.54) is 36.9 Å². The summed E-state index contributed by atoms with van der Waals surface area (Å²) >= 11 is 0. The van der Waals surface area contributed by atoms with Crippen LogP contribution < -0.4 is 4.74 Å². The maximum absolute atomic E-state index is 12.7. The molecule has 3 heterocycles. The van der Waals surface area contributed by atoms with Crippen molar-refractivity contribution in [1.82, 2.24) is 9.80 Å². The molecule has 1 aromatic rings. The number of likely N-dealkylation sites (tertiary alicyclic amines) is 1. The third-order valence-corrected chi connectivity index (χ3v) is 7.36. The molecule has 5 rings (SSSR count). The quantitative estimate of drug-likeness (QED) is 0.712. The number of carbonyl (C=O) groups excluding carboxylic acids is 2. The van der Waals surface area contributed by atoms with Gasteiger partial charge < -0.3 is 14.4 Å². The fourth-order valence-corrected chi connectivity index (χ4v) is 5.27. The summed E-state index contributed by atoms with van der Waals surface area (Å²) in [4.78, 5) is 28.8. The molecule has 2 atom stereocenters. The first-order valence-corrected chi connectivity index (χ1v) is 11.6. The first-order valence-electron chi connectivity index (χ1n) is 11.6. The first-order chi connectivity index (χ1) is 14.7. The van der Waals surface area contributed by atoms with Gasteiger partial charge in [0, 0.05) is 32.1 Å². The third-order valence-electron chi connectivity index (χ3n) is 7.36.